The summed E-state index contributed by atoms with van der Waals surface area (Å²) in [5.74, 6) is 0.00465. The molecule has 0 aliphatic rings. The first-order valence-electron chi connectivity index (χ1n) is 5.90. The molecular weight excluding hydrogens is 278 g/mol. The maximum Gasteiger partial charge on any atom is 0.254 e. The van der Waals surface area contributed by atoms with Crippen LogP contribution in [0, 0.1) is 0 Å². The Morgan fingerprint density at radius 1 is 1.26 bits per heavy atom. The van der Waals surface area contributed by atoms with Crippen molar-refractivity contribution in [3.63, 3.8) is 0 Å². The fourth-order valence-corrected chi connectivity index (χ4v) is 2.87. The molecule has 2 aromatic rings. The molecule has 0 aliphatic carbocycles. The van der Waals surface area contributed by atoms with E-state index in [0.717, 1.165) is 9.21 Å². The van der Waals surface area contributed by atoms with Gasteiger partial charge in [0.1, 0.15) is 0 Å². The van der Waals surface area contributed by atoms with E-state index in [-0.39, 0.29) is 5.91 Å². The van der Waals surface area contributed by atoms with E-state index in [1.807, 2.05) is 42.5 Å². The number of carbonyl (C=O) groups is 1. The lowest BCUT2D eigenvalue weighted by Crippen LogP contribution is -2.30. The van der Waals surface area contributed by atoms with Gasteiger partial charge in [-0.15, -0.1) is 17.9 Å². The van der Waals surface area contributed by atoms with E-state index in [1.165, 1.54) is 11.3 Å². The zero-order valence-corrected chi connectivity index (χ0v) is 12.0. The number of amides is 1. The van der Waals surface area contributed by atoms with Crippen LogP contribution in [0.5, 0.6) is 0 Å². The van der Waals surface area contributed by atoms with Crippen molar-refractivity contribution in [2.75, 3.05) is 6.54 Å². The average Bonchev–Trinajstić information content (AvgIpc) is 2.84. The van der Waals surface area contributed by atoms with Crippen molar-refractivity contribution in [3.8, 4) is 0 Å². The predicted molar refractivity (Wildman–Crippen MR) is 80.7 cm³/mol. The molecular formula is C15H14ClNOS. The molecule has 1 amide bonds. The van der Waals surface area contributed by atoms with Gasteiger partial charge < -0.3 is 4.90 Å². The predicted octanol–water partition coefficient (Wildman–Crippen LogP) is 4.23. The largest absolute Gasteiger partial charge is 0.330 e. The Bertz CT molecular complexity index is 565. The Labute approximate surface area is 121 Å². The topological polar surface area (TPSA) is 20.3 Å². The SMILES string of the molecule is C=CCN(Cc1ccc(Cl)s1)C(=O)c1ccccc1. The van der Waals surface area contributed by atoms with E-state index in [1.54, 1.807) is 11.0 Å². The van der Waals surface area contributed by atoms with E-state index in [0.29, 0.717) is 18.7 Å². The van der Waals surface area contributed by atoms with Crippen LogP contribution in [-0.4, -0.2) is 17.4 Å². The summed E-state index contributed by atoms with van der Waals surface area (Å²) in [5, 5.41) is 0. The Hall–Kier alpha value is -1.58. The molecule has 0 aliphatic heterocycles. The maximum atomic E-state index is 12.4. The lowest BCUT2D eigenvalue weighted by Gasteiger charge is -2.20. The van der Waals surface area contributed by atoms with E-state index in [9.17, 15) is 4.79 Å². The summed E-state index contributed by atoms with van der Waals surface area (Å²) >= 11 is 7.40. The van der Waals surface area contributed by atoms with Crippen LogP contribution in [0.2, 0.25) is 4.34 Å². The van der Waals surface area contributed by atoms with Gasteiger partial charge in [0.2, 0.25) is 0 Å². The monoisotopic (exact) mass is 291 g/mol. The van der Waals surface area contributed by atoms with Crippen molar-refractivity contribution in [1.82, 2.24) is 4.90 Å². The van der Waals surface area contributed by atoms with Gasteiger partial charge in [-0.05, 0) is 24.3 Å². The van der Waals surface area contributed by atoms with Crippen LogP contribution in [-0.2, 0) is 6.54 Å². The summed E-state index contributed by atoms with van der Waals surface area (Å²) in [7, 11) is 0. The molecule has 0 atom stereocenters. The second kappa shape index (κ2) is 6.55. The summed E-state index contributed by atoms with van der Waals surface area (Å²) in [6.07, 6.45) is 1.73. The van der Waals surface area contributed by atoms with Crippen LogP contribution >= 0.6 is 22.9 Å². The van der Waals surface area contributed by atoms with Crippen LogP contribution in [0.3, 0.4) is 0 Å². The number of benzene rings is 1. The highest BCUT2D eigenvalue weighted by atomic mass is 35.5. The Morgan fingerprint density at radius 3 is 2.58 bits per heavy atom. The van der Waals surface area contributed by atoms with Gasteiger partial charge in [0.05, 0.1) is 10.9 Å². The second-order valence-electron chi connectivity index (χ2n) is 4.05. The fraction of sp³-hybridized carbons (Fsp3) is 0.133. The number of thiophene rings is 1. The molecule has 4 heteroatoms. The average molecular weight is 292 g/mol. The highest BCUT2D eigenvalue weighted by Gasteiger charge is 2.15. The molecule has 0 N–H and O–H groups in total. The number of hydrogen-bond donors (Lipinski definition) is 0. The van der Waals surface area contributed by atoms with Crippen LogP contribution in [0.4, 0.5) is 0 Å². The van der Waals surface area contributed by atoms with Crippen LogP contribution < -0.4 is 0 Å². The van der Waals surface area contributed by atoms with Crippen LogP contribution in [0.1, 0.15) is 15.2 Å². The lowest BCUT2D eigenvalue weighted by molar-refractivity contribution is 0.0764. The quantitative estimate of drug-likeness (QED) is 0.755. The highest BCUT2D eigenvalue weighted by Crippen LogP contribution is 2.23. The highest BCUT2D eigenvalue weighted by molar-refractivity contribution is 7.16. The summed E-state index contributed by atoms with van der Waals surface area (Å²) in [6.45, 7) is 4.78. The minimum atomic E-state index is 0.00465. The van der Waals surface area contributed by atoms with Crippen molar-refractivity contribution in [2.45, 2.75) is 6.54 Å². The van der Waals surface area contributed by atoms with E-state index < -0.39 is 0 Å². The number of hydrogen-bond acceptors (Lipinski definition) is 2. The van der Waals surface area contributed by atoms with Crippen molar-refractivity contribution in [1.29, 1.82) is 0 Å². The minimum absolute atomic E-state index is 0.00465. The van der Waals surface area contributed by atoms with Gasteiger partial charge in [0.15, 0.2) is 0 Å². The van der Waals surface area contributed by atoms with Gasteiger partial charge in [0, 0.05) is 17.0 Å². The Kier molecular flexibility index (Phi) is 4.77. The van der Waals surface area contributed by atoms with Crippen molar-refractivity contribution >= 4 is 28.8 Å². The summed E-state index contributed by atoms with van der Waals surface area (Å²) in [6, 6.07) is 13.1. The lowest BCUT2D eigenvalue weighted by atomic mass is 10.2. The molecule has 1 heterocycles. The molecule has 0 radical (unpaired) electrons. The van der Waals surface area contributed by atoms with Gasteiger partial charge in [-0.2, -0.15) is 0 Å². The van der Waals surface area contributed by atoms with E-state index in [2.05, 4.69) is 6.58 Å². The molecule has 19 heavy (non-hydrogen) atoms. The van der Waals surface area contributed by atoms with Gasteiger partial charge in [-0.1, -0.05) is 35.9 Å². The molecule has 1 aromatic heterocycles. The third kappa shape index (κ3) is 3.69. The molecule has 0 fully saturated rings. The van der Waals surface area contributed by atoms with Crippen LogP contribution in [0.25, 0.3) is 0 Å². The molecule has 1 aromatic carbocycles. The van der Waals surface area contributed by atoms with Crippen molar-refractivity contribution in [2.24, 2.45) is 0 Å². The number of nitrogens with zero attached hydrogens (tertiary/aromatic N) is 1. The summed E-state index contributed by atoms with van der Waals surface area (Å²) in [4.78, 5) is 15.2. The first-order chi connectivity index (χ1) is 9.20. The standard InChI is InChI=1S/C15H14ClNOS/c1-2-10-17(11-13-8-9-14(16)19-13)15(18)12-6-4-3-5-7-12/h2-9H,1,10-11H2. The molecule has 2 nitrogen and oxygen atoms in total. The Morgan fingerprint density at radius 2 is 2.00 bits per heavy atom. The van der Waals surface area contributed by atoms with Gasteiger partial charge in [-0.25, -0.2) is 0 Å². The maximum absolute atomic E-state index is 12.4. The molecule has 98 valence electrons. The first kappa shape index (κ1) is 13.8. The smallest absolute Gasteiger partial charge is 0.254 e. The van der Waals surface area contributed by atoms with Crippen molar-refractivity contribution in [3.05, 3.63) is 69.9 Å². The number of halogens is 1. The second-order valence-corrected chi connectivity index (χ2v) is 5.85. The third-order valence-corrected chi connectivity index (χ3v) is 3.85. The molecule has 0 bridgehead atoms. The normalized spacial score (nSPS) is 10.2. The van der Waals surface area contributed by atoms with Gasteiger partial charge in [-0.3, -0.25) is 4.79 Å². The number of carbonyl (C=O) groups excluding carboxylic acids is 1. The number of rotatable bonds is 5. The van der Waals surface area contributed by atoms with Gasteiger partial charge >= 0.3 is 0 Å². The van der Waals surface area contributed by atoms with Gasteiger partial charge in [0.25, 0.3) is 5.91 Å². The molecule has 0 spiro atoms. The first-order valence-corrected chi connectivity index (χ1v) is 7.09. The summed E-state index contributed by atoms with van der Waals surface area (Å²) in [5.41, 5.74) is 0.687. The zero-order valence-electron chi connectivity index (χ0n) is 10.4. The minimum Gasteiger partial charge on any atom is -0.330 e. The Balaban J connectivity index is 2.15. The zero-order chi connectivity index (χ0) is 13.7. The van der Waals surface area contributed by atoms with E-state index >= 15 is 0 Å². The molecule has 0 unspecified atom stereocenters. The summed E-state index contributed by atoms with van der Waals surface area (Å²) < 4.78 is 0.737. The fourth-order valence-electron chi connectivity index (χ4n) is 1.76. The molecule has 0 saturated heterocycles. The third-order valence-electron chi connectivity index (χ3n) is 2.63. The molecule has 0 saturated carbocycles. The van der Waals surface area contributed by atoms with Crippen molar-refractivity contribution < 1.29 is 4.79 Å². The van der Waals surface area contributed by atoms with Crippen LogP contribution in [0.15, 0.2) is 55.1 Å². The van der Waals surface area contributed by atoms with E-state index in [4.69, 9.17) is 11.6 Å². The molecule has 2 rings (SSSR count).